The molecule has 0 aliphatic rings. The number of methoxy groups -OCH3 is 1. The molecule has 0 aliphatic carbocycles. The van der Waals surface area contributed by atoms with Gasteiger partial charge in [-0.2, -0.15) is 0 Å². The number of benzene rings is 1. The molecule has 2 nitrogen and oxygen atoms in total. The standard InChI is InChI=1S/C7H6Br2FNO/c1-12-7-5(10)3(8)2-4(9)6(7)11/h2H,11H2,1H3. The molecule has 0 saturated carbocycles. The highest BCUT2D eigenvalue weighted by molar-refractivity contribution is 9.11. The van der Waals surface area contributed by atoms with Crippen molar-refractivity contribution < 1.29 is 9.13 Å². The molecule has 0 heterocycles. The minimum absolute atomic E-state index is 0.0521. The average Bonchev–Trinajstić information content (AvgIpc) is 2.02. The van der Waals surface area contributed by atoms with Crippen LogP contribution in [0.4, 0.5) is 10.1 Å². The lowest BCUT2D eigenvalue weighted by molar-refractivity contribution is 0.387. The average molecular weight is 299 g/mol. The Morgan fingerprint density at radius 3 is 2.50 bits per heavy atom. The Kier molecular flexibility index (Phi) is 2.95. The van der Waals surface area contributed by atoms with Crippen molar-refractivity contribution in [2.75, 3.05) is 12.8 Å². The molecule has 0 atom stereocenters. The van der Waals surface area contributed by atoms with Gasteiger partial charge in [0.15, 0.2) is 11.6 Å². The maximum Gasteiger partial charge on any atom is 0.181 e. The highest BCUT2D eigenvalue weighted by Gasteiger charge is 2.13. The number of nitrogens with two attached hydrogens (primary N) is 1. The van der Waals surface area contributed by atoms with Gasteiger partial charge in [0.2, 0.25) is 0 Å². The predicted octanol–water partition coefficient (Wildman–Crippen LogP) is 2.94. The van der Waals surface area contributed by atoms with Gasteiger partial charge in [-0.25, -0.2) is 4.39 Å². The molecule has 1 rings (SSSR count). The zero-order valence-corrected chi connectivity index (χ0v) is 9.37. The number of hydrogen-bond acceptors (Lipinski definition) is 2. The van der Waals surface area contributed by atoms with Gasteiger partial charge < -0.3 is 10.5 Å². The lowest BCUT2D eigenvalue weighted by atomic mass is 10.3. The van der Waals surface area contributed by atoms with Crippen LogP contribution in [-0.4, -0.2) is 7.11 Å². The monoisotopic (exact) mass is 297 g/mol. The van der Waals surface area contributed by atoms with Gasteiger partial charge in [-0.1, -0.05) is 0 Å². The van der Waals surface area contributed by atoms with Crippen LogP contribution in [0.5, 0.6) is 5.75 Å². The van der Waals surface area contributed by atoms with Gasteiger partial charge in [0.05, 0.1) is 17.3 Å². The summed E-state index contributed by atoms with van der Waals surface area (Å²) in [5.41, 5.74) is 5.79. The number of hydrogen-bond donors (Lipinski definition) is 1. The second-order valence-corrected chi connectivity index (χ2v) is 3.81. The topological polar surface area (TPSA) is 35.2 Å². The van der Waals surface area contributed by atoms with Crippen LogP contribution in [0.15, 0.2) is 15.0 Å². The molecular formula is C7H6Br2FNO. The second kappa shape index (κ2) is 3.62. The molecule has 66 valence electrons. The Hall–Kier alpha value is -0.290. The summed E-state index contributed by atoms with van der Waals surface area (Å²) in [6.45, 7) is 0. The minimum atomic E-state index is -0.488. The van der Waals surface area contributed by atoms with Crippen molar-refractivity contribution in [3.63, 3.8) is 0 Å². The zero-order chi connectivity index (χ0) is 9.30. The highest BCUT2D eigenvalue weighted by Crippen LogP contribution is 2.36. The van der Waals surface area contributed by atoms with E-state index >= 15 is 0 Å². The predicted molar refractivity (Wildman–Crippen MR) is 52.8 cm³/mol. The van der Waals surface area contributed by atoms with Crippen LogP contribution < -0.4 is 10.5 Å². The van der Waals surface area contributed by atoms with E-state index in [0.29, 0.717) is 8.95 Å². The quantitative estimate of drug-likeness (QED) is 0.639. The first kappa shape index (κ1) is 9.80. The number of rotatable bonds is 1. The van der Waals surface area contributed by atoms with E-state index in [4.69, 9.17) is 10.5 Å². The number of nitrogen functional groups attached to an aromatic ring is 1. The summed E-state index contributed by atoms with van der Waals surface area (Å²) in [4.78, 5) is 0. The van der Waals surface area contributed by atoms with E-state index in [1.807, 2.05) is 0 Å². The third-order valence-electron chi connectivity index (χ3n) is 1.37. The van der Waals surface area contributed by atoms with Gasteiger partial charge in [0.1, 0.15) is 0 Å². The summed E-state index contributed by atoms with van der Waals surface area (Å²) in [6.07, 6.45) is 0. The van der Waals surface area contributed by atoms with Crippen molar-refractivity contribution >= 4 is 37.5 Å². The van der Waals surface area contributed by atoms with Gasteiger partial charge in [0.25, 0.3) is 0 Å². The van der Waals surface area contributed by atoms with Crippen molar-refractivity contribution in [3.8, 4) is 5.75 Å². The van der Waals surface area contributed by atoms with Gasteiger partial charge >= 0.3 is 0 Å². The molecule has 0 radical (unpaired) electrons. The van der Waals surface area contributed by atoms with Crippen LogP contribution >= 0.6 is 31.9 Å². The lowest BCUT2D eigenvalue weighted by Gasteiger charge is -2.08. The Morgan fingerprint density at radius 1 is 1.42 bits per heavy atom. The Balaban J connectivity index is 3.42. The SMILES string of the molecule is COc1c(N)c(Br)cc(Br)c1F. The smallest absolute Gasteiger partial charge is 0.181 e. The number of anilines is 1. The van der Waals surface area contributed by atoms with Crippen molar-refractivity contribution in [1.29, 1.82) is 0 Å². The number of ether oxygens (including phenoxy) is 1. The largest absolute Gasteiger partial charge is 0.492 e. The summed E-state index contributed by atoms with van der Waals surface area (Å²) < 4.78 is 18.9. The van der Waals surface area contributed by atoms with Gasteiger partial charge in [-0.3, -0.25) is 0 Å². The van der Waals surface area contributed by atoms with E-state index in [1.54, 1.807) is 0 Å². The fourth-order valence-corrected chi connectivity index (χ4v) is 1.91. The first-order valence-electron chi connectivity index (χ1n) is 3.05. The Bertz CT molecular complexity index is 291. The van der Waals surface area contributed by atoms with Crippen LogP contribution in [0.2, 0.25) is 0 Å². The lowest BCUT2D eigenvalue weighted by Crippen LogP contribution is -1.97. The molecule has 0 unspecified atom stereocenters. The van der Waals surface area contributed by atoms with Gasteiger partial charge in [0, 0.05) is 4.47 Å². The van der Waals surface area contributed by atoms with E-state index in [1.165, 1.54) is 13.2 Å². The first-order chi connectivity index (χ1) is 5.57. The summed E-state index contributed by atoms with van der Waals surface area (Å²) >= 11 is 6.20. The highest BCUT2D eigenvalue weighted by atomic mass is 79.9. The van der Waals surface area contributed by atoms with E-state index in [-0.39, 0.29) is 11.4 Å². The summed E-state index contributed by atoms with van der Waals surface area (Å²) in [5, 5.41) is 0. The van der Waals surface area contributed by atoms with Crippen molar-refractivity contribution in [2.45, 2.75) is 0 Å². The number of halogens is 3. The zero-order valence-electron chi connectivity index (χ0n) is 6.20. The van der Waals surface area contributed by atoms with Crippen LogP contribution in [0.3, 0.4) is 0 Å². The maximum absolute atomic E-state index is 13.2. The molecule has 5 heteroatoms. The van der Waals surface area contributed by atoms with Gasteiger partial charge in [-0.05, 0) is 37.9 Å². The normalized spacial score (nSPS) is 10.0. The second-order valence-electron chi connectivity index (χ2n) is 2.10. The van der Waals surface area contributed by atoms with Crippen LogP contribution in [0, 0.1) is 5.82 Å². The fourth-order valence-electron chi connectivity index (χ4n) is 0.787. The van der Waals surface area contributed by atoms with E-state index in [9.17, 15) is 4.39 Å². The van der Waals surface area contributed by atoms with Crippen molar-refractivity contribution in [3.05, 3.63) is 20.8 Å². The molecule has 0 aliphatic heterocycles. The van der Waals surface area contributed by atoms with Crippen molar-refractivity contribution in [2.24, 2.45) is 0 Å². The third-order valence-corrected chi connectivity index (χ3v) is 2.60. The summed E-state index contributed by atoms with van der Waals surface area (Å²) in [6, 6.07) is 1.53. The van der Waals surface area contributed by atoms with Crippen molar-refractivity contribution in [1.82, 2.24) is 0 Å². The molecule has 2 N–H and O–H groups in total. The minimum Gasteiger partial charge on any atom is -0.492 e. The molecule has 0 saturated heterocycles. The Morgan fingerprint density at radius 2 is 2.00 bits per heavy atom. The summed E-state index contributed by atoms with van der Waals surface area (Å²) in [7, 11) is 1.37. The first-order valence-corrected chi connectivity index (χ1v) is 4.63. The molecule has 0 spiro atoms. The third kappa shape index (κ3) is 1.56. The Labute approximate surface area is 86.2 Å². The van der Waals surface area contributed by atoms with Crippen LogP contribution in [0.25, 0.3) is 0 Å². The molecule has 0 aromatic heterocycles. The molecule has 0 fully saturated rings. The molecule has 0 bridgehead atoms. The van der Waals surface area contributed by atoms with Gasteiger partial charge in [-0.15, -0.1) is 0 Å². The maximum atomic E-state index is 13.2. The molecule has 0 amide bonds. The van der Waals surface area contributed by atoms with E-state index in [2.05, 4.69) is 31.9 Å². The molecule has 12 heavy (non-hydrogen) atoms. The fraction of sp³-hybridized carbons (Fsp3) is 0.143. The molecule has 1 aromatic carbocycles. The molecular weight excluding hydrogens is 293 g/mol. The molecule has 1 aromatic rings. The van der Waals surface area contributed by atoms with E-state index < -0.39 is 5.82 Å². The van der Waals surface area contributed by atoms with Crippen LogP contribution in [-0.2, 0) is 0 Å². The summed E-state index contributed by atoms with van der Waals surface area (Å²) in [5.74, 6) is -0.436. The van der Waals surface area contributed by atoms with Crippen LogP contribution in [0.1, 0.15) is 0 Å². The van der Waals surface area contributed by atoms with E-state index in [0.717, 1.165) is 0 Å².